The Balaban J connectivity index is 1.58. The van der Waals surface area contributed by atoms with Gasteiger partial charge in [0.05, 0.1) is 34.5 Å². The van der Waals surface area contributed by atoms with Crippen LogP contribution in [0.1, 0.15) is 34.8 Å². The third kappa shape index (κ3) is 4.68. The van der Waals surface area contributed by atoms with Crippen LogP contribution in [0.2, 0.25) is 5.02 Å². The Morgan fingerprint density at radius 3 is 2.56 bits per heavy atom. The number of aromatic nitrogens is 1. The van der Waals surface area contributed by atoms with Gasteiger partial charge in [-0.05, 0) is 43.2 Å². The lowest BCUT2D eigenvalue weighted by molar-refractivity contribution is 0.0560. The zero-order chi connectivity index (χ0) is 24.2. The zero-order valence-corrected chi connectivity index (χ0v) is 19.9. The van der Waals surface area contributed by atoms with E-state index < -0.39 is 0 Å². The van der Waals surface area contributed by atoms with Gasteiger partial charge in [0.1, 0.15) is 0 Å². The first kappa shape index (κ1) is 23.5. The summed E-state index contributed by atoms with van der Waals surface area (Å²) in [4.78, 5) is 33.4. The van der Waals surface area contributed by atoms with E-state index in [2.05, 4.69) is 6.07 Å². The first-order chi connectivity index (χ1) is 16.4. The smallest absolute Gasteiger partial charge is 0.409 e. The van der Waals surface area contributed by atoms with Gasteiger partial charge >= 0.3 is 6.09 Å². The minimum atomic E-state index is -0.332. The van der Waals surface area contributed by atoms with Crippen molar-refractivity contribution in [3.63, 3.8) is 0 Å². The summed E-state index contributed by atoms with van der Waals surface area (Å²) in [7, 11) is 0. The van der Waals surface area contributed by atoms with E-state index in [-0.39, 0.29) is 12.0 Å². The predicted molar refractivity (Wildman–Crippen MR) is 131 cm³/mol. The summed E-state index contributed by atoms with van der Waals surface area (Å²) in [6.45, 7) is 5.98. The number of rotatable bonds is 4. The minimum absolute atomic E-state index is 0.116. The van der Waals surface area contributed by atoms with Crippen LogP contribution in [0.3, 0.4) is 0 Å². The van der Waals surface area contributed by atoms with Crippen LogP contribution < -0.4 is 0 Å². The molecule has 4 rings (SSSR count). The number of hydrogen-bond acceptors (Lipinski definition) is 5. The number of carbonyl (C=O) groups excluding carboxylic acids is 2. The van der Waals surface area contributed by atoms with Gasteiger partial charge in [-0.3, -0.25) is 4.79 Å². The van der Waals surface area contributed by atoms with E-state index in [1.165, 1.54) is 0 Å². The Bertz CT molecular complexity index is 1290. The molecule has 0 unspecified atom stereocenters. The van der Waals surface area contributed by atoms with E-state index in [0.29, 0.717) is 60.1 Å². The summed E-state index contributed by atoms with van der Waals surface area (Å²) in [6.07, 6.45) is 0.441. The second-order valence-corrected chi connectivity index (χ2v) is 8.60. The molecule has 0 atom stereocenters. The van der Waals surface area contributed by atoms with Crippen LogP contribution in [-0.4, -0.2) is 59.6 Å². The standard InChI is InChI=1S/C26H25ClN4O3/c1-3-13-34-26(33)31-11-9-30(10-12-31)25(32)20-7-8-21-22(15-20)29-24(17(2)23(21)27)19-6-4-5-18(14-19)16-28/h4-8,14-15H,3,9-13H2,1-2H3. The zero-order valence-electron chi connectivity index (χ0n) is 19.2. The van der Waals surface area contributed by atoms with Gasteiger partial charge in [-0.25, -0.2) is 9.78 Å². The maximum Gasteiger partial charge on any atom is 0.409 e. The molecule has 3 aromatic rings. The molecule has 7 nitrogen and oxygen atoms in total. The molecule has 8 heteroatoms. The fraction of sp³-hybridized carbons (Fsp3) is 0.308. The van der Waals surface area contributed by atoms with Gasteiger partial charge in [-0.1, -0.05) is 36.7 Å². The average molecular weight is 477 g/mol. The molecule has 1 aliphatic rings. The predicted octanol–water partition coefficient (Wildman–Crippen LogP) is 5.04. The molecular formula is C26H25ClN4O3. The maximum absolute atomic E-state index is 13.2. The normalized spacial score (nSPS) is 13.6. The summed E-state index contributed by atoms with van der Waals surface area (Å²) < 4.78 is 5.19. The third-order valence-corrected chi connectivity index (χ3v) is 6.40. The fourth-order valence-electron chi connectivity index (χ4n) is 4.03. The molecular weight excluding hydrogens is 452 g/mol. The van der Waals surface area contributed by atoms with Crippen LogP contribution in [0, 0.1) is 18.3 Å². The number of carbonyl (C=O) groups is 2. The van der Waals surface area contributed by atoms with E-state index in [1.54, 1.807) is 34.1 Å². The number of nitriles is 1. The molecule has 1 aromatic heterocycles. The molecule has 1 fully saturated rings. The molecule has 1 aliphatic heterocycles. The highest BCUT2D eigenvalue weighted by Crippen LogP contribution is 2.33. The van der Waals surface area contributed by atoms with Gasteiger partial charge < -0.3 is 14.5 Å². The van der Waals surface area contributed by atoms with Gasteiger partial charge in [-0.2, -0.15) is 5.26 Å². The molecule has 0 saturated carbocycles. The number of amides is 2. The lowest BCUT2D eigenvalue weighted by Gasteiger charge is -2.34. The van der Waals surface area contributed by atoms with Gasteiger partial charge in [0.2, 0.25) is 0 Å². The van der Waals surface area contributed by atoms with Crippen LogP contribution in [-0.2, 0) is 4.74 Å². The Morgan fingerprint density at radius 1 is 1.12 bits per heavy atom. The van der Waals surface area contributed by atoms with Gasteiger partial charge in [-0.15, -0.1) is 0 Å². The molecule has 2 amide bonds. The van der Waals surface area contributed by atoms with Crippen molar-refractivity contribution in [3.05, 3.63) is 64.2 Å². The van der Waals surface area contributed by atoms with Crippen molar-refractivity contribution in [2.24, 2.45) is 0 Å². The number of nitrogens with zero attached hydrogens (tertiary/aromatic N) is 4. The van der Waals surface area contributed by atoms with Crippen molar-refractivity contribution >= 4 is 34.5 Å². The van der Waals surface area contributed by atoms with Crippen molar-refractivity contribution in [2.45, 2.75) is 20.3 Å². The number of halogens is 1. The van der Waals surface area contributed by atoms with E-state index in [1.807, 2.05) is 32.0 Å². The van der Waals surface area contributed by atoms with Gasteiger partial charge in [0.25, 0.3) is 5.91 Å². The number of fused-ring (bicyclic) bond motifs is 1. The monoisotopic (exact) mass is 476 g/mol. The molecule has 0 N–H and O–H groups in total. The Kier molecular flexibility index (Phi) is 6.99. The number of ether oxygens (including phenoxy) is 1. The third-order valence-electron chi connectivity index (χ3n) is 5.92. The molecule has 1 saturated heterocycles. The highest BCUT2D eigenvalue weighted by molar-refractivity contribution is 6.36. The lowest BCUT2D eigenvalue weighted by atomic mass is 10.0. The van der Waals surface area contributed by atoms with Crippen LogP contribution >= 0.6 is 11.6 Å². The first-order valence-electron chi connectivity index (χ1n) is 11.2. The van der Waals surface area contributed by atoms with Crippen molar-refractivity contribution < 1.29 is 14.3 Å². The molecule has 0 radical (unpaired) electrons. The number of piperazine rings is 1. The van der Waals surface area contributed by atoms with Crippen molar-refractivity contribution in [1.82, 2.24) is 14.8 Å². The van der Waals surface area contributed by atoms with Crippen molar-refractivity contribution in [3.8, 4) is 17.3 Å². The van der Waals surface area contributed by atoms with Crippen molar-refractivity contribution in [1.29, 1.82) is 5.26 Å². The highest BCUT2D eigenvalue weighted by atomic mass is 35.5. The molecule has 2 aromatic carbocycles. The fourth-order valence-corrected chi connectivity index (χ4v) is 4.27. The van der Waals surface area contributed by atoms with Crippen LogP contribution in [0.5, 0.6) is 0 Å². The molecule has 34 heavy (non-hydrogen) atoms. The molecule has 0 aliphatic carbocycles. The summed E-state index contributed by atoms with van der Waals surface area (Å²) in [6, 6.07) is 14.7. The van der Waals surface area contributed by atoms with Gasteiger partial charge in [0, 0.05) is 42.7 Å². The Morgan fingerprint density at radius 2 is 1.85 bits per heavy atom. The highest BCUT2D eigenvalue weighted by Gasteiger charge is 2.26. The number of benzene rings is 2. The lowest BCUT2D eigenvalue weighted by Crippen LogP contribution is -2.50. The molecule has 0 bridgehead atoms. The van der Waals surface area contributed by atoms with Crippen LogP contribution in [0.4, 0.5) is 4.79 Å². The molecule has 2 heterocycles. The van der Waals surface area contributed by atoms with Crippen molar-refractivity contribution in [2.75, 3.05) is 32.8 Å². The summed E-state index contributed by atoms with van der Waals surface area (Å²) >= 11 is 6.67. The quantitative estimate of drug-likeness (QED) is 0.526. The minimum Gasteiger partial charge on any atom is -0.449 e. The topological polar surface area (TPSA) is 86.5 Å². The second kappa shape index (κ2) is 10.1. The molecule has 0 spiro atoms. The van der Waals surface area contributed by atoms with Crippen LogP contribution in [0.25, 0.3) is 22.2 Å². The SMILES string of the molecule is CCCOC(=O)N1CCN(C(=O)c2ccc3c(Cl)c(C)c(-c4cccc(C#N)c4)nc3c2)CC1. The summed E-state index contributed by atoms with van der Waals surface area (Å²) in [5.41, 5.74) is 3.95. The van der Waals surface area contributed by atoms with E-state index in [9.17, 15) is 14.9 Å². The van der Waals surface area contributed by atoms with E-state index >= 15 is 0 Å². The largest absolute Gasteiger partial charge is 0.449 e. The van der Waals surface area contributed by atoms with E-state index in [0.717, 1.165) is 22.9 Å². The number of pyridine rings is 1. The Hall–Kier alpha value is -3.63. The summed E-state index contributed by atoms with van der Waals surface area (Å²) in [5.74, 6) is -0.116. The maximum atomic E-state index is 13.2. The van der Waals surface area contributed by atoms with E-state index in [4.69, 9.17) is 21.3 Å². The number of hydrogen-bond donors (Lipinski definition) is 0. The summed E-state index contributed by atoms with van der Waals surface area (Å²) in [5, 5.41) is 10.6. The first-order valence-corrected chi connectivity index (χ1v) is 11.6. The second-order valence-electron chi connectivity index (χ2n) is 8.22. The van der Waals surface area contributed by atoms with Crippen LogP contribution in [0.15, 0.2) is 42.5 Å². The molecule has 174 valence electrons. The Labute approximate surface area is 203 Å². The van der Waals surface area contributed by atoms with Gasteiger partial charge in [0.15, 0.2) is 0 Å². The average Bonchev–Trinajstić information content (AvgIpc) is 2.88.